The number of ether oxygens (including phenoxy) is 1. The van der Waals surface area contributed by atoms with Crippen molar-refractivity contribution < 1.29 is 18.3 Å². The number of hydrogen-bond donors (Lipinski definition) is 0. The summed E-state index contributed by atoms with van der Waals surface area (Å²) in [5.41, 5.74) is 2.21. The Bertz CT molecular complexity index is 1200. The molecular formula is C24H24F2N6O2. The Hall–Kier alpha value is -3.69. The maximum absolute atomic E-state index is 14.0. The van der Waals surface area contributed by atoms with E-state index in [-0.39, 0.29) is 17.8 Å². The van der Waals surface area contributed by atoms with E-state index >= 15 is 0 Å². The van der Waals surface area contributed by atoms with Gasteiger partial charge >= 0.3 is 0 Å². The molecule has 0 unspecified atom stereocenters. The minimum absolute atomic E-state index is 0.00806. The number of halogens is 2. The van der Waals surface area contributed by atoms with Crippen LogP contribution in [0.15, 0.2) is 36.7 Å². The molecule has 0 aliphatic carbocycles. The standard InChI is InChI=1S/C24H24F2N6O2/c1-15(33)32-12-7-19-20(14-32)29-22(23-27-8-2-9-28-23)24(30-19)31-10-5-17(6-11-31)34-21-4-3-16(25)13-18(21)26/h2-4,8-9,13,17H,5-7,10-12,14H2,1H3. The van der Waals surface area contributed by atoms with Crippen molar-refractivity contribution >= 4 is 11.7 Å². The second kappa shape index (κ2) is 9.28. The summed E-state index contributed by atoms with van der Waals surface area (Å²) in [5.74, 6) is -0.0958. The lowest BCUT2D eigenvalue weighted by Crippen LogP contribution is -2.40. The molecule has 2 aromatic heterocycles. The Morgan fingerprint density at radius 2 is 1.82 bits per heavy atom. The van der Waals surface area contributed by atoms with Gasteiger partial charge in [0, 0.05) is 64.3 Å². The highest BCUT2D eigenvalue weighted by atomic mass is 19.1. The average molecular weight is 466 g/mol. The molecule has 1 aromatic carbocycles. The highest BCUT2D eigenvalue weighted by molar-refractivity contribution is 5.74. The van der Waals surface area contributed by atoms with Gasteiger partial charge in [-0.1, -0.05) is 0 Å². The first-order valence-electron chi connectivity index (χ1n) is 11.3. The van der Waals surface area contributed by atoms with Crippen LogP contribution >= 0.6 is 0 Å². The first-order chi connectivity index (χ1) is 16.5. The summed E-state index contributed by atoms with van der Waals surface area (Å²) in [4.78, 5) is 34.3. The molecule has 5 rings (SSSR count). The number of anilines is 1. The van der Waals surface area contributed by atoms with E-state index in [9.17, 15) is 13.6 Å². The number of carbonyl (C=O) groups excluding carboxylic acids is 1. The third-order valence-electron chi connectivity index (χ3n) is 6.14. The van der Waals surface area contributed by atoms with Crippen LogP contribution in [0.4, 0.5) is 14.6 Å². The maximum Gasteiger partial charge on any atom is 0.219 e. The van der Waals surface area contributed by atoms with Gasteiger partial charge in [0.2, 0.25) is 5.91 Å². The lowest BCUT2D eigenvalue weighted by molar-refractivity contribution is -0.129. The van der Waals surface area contributed by atoms with Crippen molar-refractivity contribution in [3.63, 3.8) is 0 Å². The zero-order valence-corrected chi connectivity index (χ0v) is 18.7. The van der Waals surface area contributed by atoms with Gasteiger partial charge in [-0.2, -0.15) is 0 Å². The largest absolute Gasteiger partial charge is 0.487 e. The summed E-state index contributed by atoms with van der Waals surface area (Å²) < 4.78 is 33.0. The van der Waals surface area contributed by atoms with Crippen molar-refractivity contribution in [1.82, 2.24) is 24.8 Å². The average Bonchev–Trinajstić information content (AvgIpc) is 2.85. The van der Waals surface area contributed by atoms with Gasteiger partial charge in [-0.25, -0.2) is 28.7 Å². The van der Waals surface area contributed by atoms with Crippen LogP contribution in [0.5, 0.6) is 5.75 Å². The second-order valence-electron chi connectivity index (χ2n) is 8.43. The molecule has 0 saturated carbocycles. The number of fused-ring (bicyclic) bond motifs is 1. The van der Waals surface area contributed by atoms with Crippen LogP contribution in [0.1, 0.15) is 31.2 Å². The molecule has 2 aliphatic heterocycles. The predicted octanol–water partition coefficient (Wildman–Crippen LogP) is 3.16. The number of rotatable bonds is 4. The van der Waals surface area contributed by atoms with Gasteiger partial charge in [-0.05, 0) is 18.2 Å². The van der Waals surface area contributed by atoms with Crippen LogP contribution in [-0.2, 0) is 17.8 Å². The second-order valence-corrected chi connectivity index (χ2v) is 8.43. The molecular weight excluding hydrogens is 442 g/mol. The number of aromatic nitrogens is 4. The molecule has 3 aromatic rings. The molecule has 8 nitrogen and oxygen atoms in total. The smallest absolute Gasteiger partial charge is 0.219 e. The van der Waals surface area contributed by atoms with Crippen LogP contribution < -0.4 is 9.64 Å². The fourth-order valence-electron chi connectivity index (χ4n) is 4.32. The number of hydrogen-bond acceptors (Lipinski definition) is 7. The summed E-state index contributed by atoms with van der Waals surface area (Å²) in [6.07, 6.45) is 5.04. The van der Waals surface area contributed by atoms with Crippen LogP contribution in [0.25, 0.3) is 11.5 Å². The Morgan fingerprint density at radius 3 is 2.53 bits per heavy atom. The van der Waals surface area contributed by atoms with E-state index in [0.717, 1.165) is 17.5 Å². The van der Waals surface area contributed by atoms with Gasteiger partial charge in [0.15, 0.2) is 28.9 Å². The molecule has 0 atom stereocenters. The van der Waals surface area contributed by atoms with Crippen molar-refractivity contribution in [3.05, 3.63) is 59.7 Å². The Morgan fingerprint density at radius 1 is 1.06 bits per heavy atom. The van der Waals surface area contributed by atoms with Gasteiger partial charge < -0.3 is 14.5 Å². The molecule has 2 aliphatic rings. The normalized spacial score (nSPS) is 16.3. The zero-order valence-electron chi connectivity index (χ0n) is 18.7. The highest BCUT2D eigenvalue weighted by Gasteiger charge is 2.29. The van der Waals surface area contributed by atoms with E-state index in [0.29, 0.717) is 62.8 Å². The Labute approximate surface area is 195 Å². The first-order valence-corrected chi connectivity index (χ1v) is 11.3. The van der Waals surface area contributed by atoms with Gasteiger partial charge in [-0.15, -0.1) is 0 Å². The zero-order chi connectivity index (χ0) is 23.7. The molecule has 1 saturated heterocycles. The molecule has 0 N–H and O–H groups in total. The number of carbonyl (C=O) groups is 1. The Balaban J connectivity index is 1.38. The summed E-state index contributed by atoms with van der Waals surface area (Å²) >= 11 is 0. The fourth-order valence-corrected chi connectivity index (χ4v) is 4.32. The number of piperidine rings is 1. The lowest BCUT2D eigenvalue weighted by atomic mass is 10.1. The minimum Gasteiger partial charge on any atom is -0.487 e. The Kier molecular flexibility index (Phi) is 6.04. The topological polar surface area (TPSA) is 84.3 Å². The molecule has 1 fully saturated rings. The molecule has 34 heavy (non-hydrogen) atoms. The summed E-state index contributed by atoms with van der Waals surface area (Å²) in [7, 11) is 0. The van der Waals surface area contributed by atoms with E-state index in [1.807, 2.05) is 0 Å². The SMILES string of the molecule is CC(=O)N1CCc2nc(N3CCC(Oc4ccc(F)cc4F)CC3)c(-c3ncccn3)nc2C1. The van der Waals surface area contributed by atoms with Crippen molar-refractivity contribution in [1.29, 1.82) is 0 Å². The van der Waals surface area contributed by atoms with E-state index in [4.69, 9.17) is 14.7 Å². The third-order valence-corrected chi connectivity index (χ3v) is 6.14. The molecule has 1 amide bonds. The quantitative estimate of drug-likeness (QED) is 0.584. The van der Waals surface area contributed by atoms with Crippen LogP contribution in [-0.4, -0.2) is 56.5 Å². The number of benzene rings is 1. The monoisotopic (exact) mass is 466 g/mol. The van der Waals surface area contributed by atoms with Gasteiger partial charge in [-0.3, -0.25) is 4.79 Å². The molecule has 0 spiro atoms. The fraction of sp³-hybridized carbons (Fsp3) is 0.375. The van der Waals surface area contributed by atoms with Gasteiger partial charge in [0.25, 0.3) is 0 Å². The van der Waals surface area contributed by atoms with E-state index in [1.165, 1.54) is 12.1 Å². The van der Waals surface area contributed by atoms with Gasteiger partial charge in [0.1, 0.15) is 11.9 Å². The van der Waals surface area contributed by atoms with Crippen molar-refractivity contribution in [2.24, 2.45) is 0 Å². The first kappa shape index (κ1) is 22.1. The van der Waals surface area contributed by atoms with Crippen LogP contribution in [0.2, 0.25) is 0 Å². The molecule has 10 heteroatoms. The van der Waals surface area contributed by atoms with E-state index in [2.05, 4.69) is 14.9 Å². The van der Waals surface area contributed by atoms with Gasteiger partial charge in [0.05, 0.1) is 17.9 Å². The molecule has 176 valence electrons. The van der Waals surface area contributed by atoms with Crippen molar-refractivity contribution in [2.45, 2.75) is 38.8 Å². The predicted molar refractivity (Wildman–Crippen MR) is 120 cm³/mol. The summed E-state index contributed by atoms with van der Waals surface area (Å²) in [6.45, 7) is 3.83. The lowest BCUT2D eigenvalue weighted by Gasteiger charge is -2.35. The van der Waals surface area contributed by atoms with E-state index < -0.39 is 11.6 Å². The number of amides is 1. The maximum atomic E-state index is 14.0. The summed E-state index contributed by atoms with van der Waals surface area (Å²) in [6, 6.07) is 5.08. The number of nitrogens with zero attached hydrogens (tertiary/aromatic N) is 6. The highest BCUT2D eigenvalue weighted by Crippen LogP contribution is 2.31. The van der Waals surface area contributed by atoms with Crippen molar-refractivity contribution in [3.8, 4) is 17.3 Å². The van der Waals surface area contributed by atoms with Crippen LogP contribution in [0, 0.1) is 11.6 Å². The minimum atomic E-state index is -0.703. The summed E-state index contributed by atoms with van der Waals surface area (Å²) in [5, 5.41) is 0. The van der Waals surface area contributed by atoms with E-state index in [1.54, 1.807) is 30.3 Å². The third kappa shape index (κ3) is 4.52. The molecule has 0 bridgehead atoms. The van der Waals surface area contributed by atoms with Crippen molar-refractivity contribution in [2.75, 3.05) is 24.5 Å². The molecule has 0 radical (unpaired) electrons. The van der Waals surface area contributed by atoms with Crippen LogP contribution in [0.3, 0.4) is 0 Å². The molecule has 4 heterocycles.